The molecule has 0 unspecified atom stereocenters. The van der Waals surface area contributed by atoms with Crippen molar-refractivity contribution in [3.05, 3.63) is 23.3 Å². The van der Waals surface area contributed by atoms with Crippen molar-refractivity contribution < 1.29 is 14.6 Å². The molecule has 0 saturated heterocycles. The maximum atomic E-state index is 10.5. The second-order valence-electron chi connectivity index (χ2n) is 4.38. The fourth-order valence-corrected chi connectivity index (χ4v) is 2.32. The van der Waals surface area contributed by atoms with Crippen molar-refractivity contribution in [2.45, 2.75) is 31.7 Å². The van der Waals surface area contributed by atoms with E-state index in [0.29, 0.717) is 16.9 Å². The van der Waals surface area contributed by atoms with Crippen molar-refractivity contribution >= 4 is 6.08 Å². The Hall–Kier alpha value is -1.80. The molecule has 1 aromatic carbocycles. The number of phenolic OH excluding ortho intramolecular Hbond substituents is 1. The largest absolute Gasteiger partial charge is 0.507 e. The van der Waals surface area contributed by atoms with Crippen LogP contribution in [0.2, 0.25) is 0 Å². The van der Waals surface area contributed by atoms with E-state index in [-0.39, 0.29) is 5.75 Å². The van der Waals surface area contributed by atoms with Crippen LogP contribution in [0.4, 0.5) is 0 Å². The van der Waals surface area contributed by atoms with Gasteiger partial charge >= 0.3 is 0 Å². The number of phenols is 1. The normalized spacial score (nSPS) is 16.8. The number of hydrogen-bond acceptors (Lipinski definition) is 4. The first-order chi connectivity index (χ1) is 8.14. The van der Waals surface area contributed by atoms with Gasteiger partial charge < -0.3 is 9.84 Å². The highest BCUT2D eigenvalue weighted by Gasteiger charge is 2.41. The molecule has 1 N–H and O–H groups in total. The first-order valence-electron chi connectivity index (χ1n) is 5.61. The van der Waals surface area contributed by atoms with Crippen LogP contribution < -0.4 is 4.74 Å². The molecule has 0 spiro atoms. The van der Waals surface area contributed by atoms with Crippen LogP contribution in [-0.4, -0.2) is 18.3 Å². The lowest BCUT2D eigenvalue weighted by Crippen LogP contribution is -2.32. The van der Waals surface area contributed by atoms with E-state index < -0.39 is 5.54 Å². The first-order valence-corrected chi connectivity index (χ1v) is 5.61. The molecule has 4 heteroatoms. The molecule has 0 bridgehead atoms. The summed E-state index contributed by atoms with van der Waals surface area (Å²) in [4.78, 5) is 14.4. The highest BCUT2D eigenvalue weighted by Crippen LogP contribution is 2.49. The Morgan fingerprint density at radius 3 is 2.65 bits per heavy atom. The van der Waals surface area contributed by atoms with Crippen molar-refractivity contribution in [2.75, 3.05) is 7.11 Å². The van der Waals surface area contributed by atoms with Crippen LogP contribution in [0.5, 0.6) is 11.5 Å². The average molecular weight is 233 g/mol. The summed E-state index contributed by atoms with van der Waals surface area (Å²) in [6.07, 6.45) is 4.19. The van der Waals surface area contributed by atoms with Crippen LogP contribution in [0, 0.1) is 6.92 Å². The lowest BCUT2D eigenvalue weighted by atomic mass is 9.71. The molecule has 1 aliphatic carbocycles. The fraction of sp³-hybridized carbons (Fsp3) is 0.462. The zero-order chi connectivity index (χ0) is 12.5. The quantitative estimate of drug-likeness (QED) is 0.644. The topological polar surface area (TPSA) is 58.9 Å². The Labute approximate surface area is 99.9 Å². The summed E-state index contributed by atoms with van der Waals surface area (Å²) in [7, 11) is 1.56. The Kier molecular flexibility index (Phi) is 2.90. The van der Waals surface area contributed by atoms with E-state index in [1.165, 1.54) is 0 Å². The smallest absolute Gasteiger partial charge is 0.235 e. The number of nitrogens with zero attached hydrogens (tertiary/aromatic N) is 1. The second kappa shape index (κ2) is 4.22. The van der Waals surface area contributed by atoms with E-state index in [1.807, 2.05) is 0 Å². The predicted molar refractivity (Wildman–Crippen MR) is 63.0 cm³/mol. The van der Waals surface area contributed by atoms with Crippen molar-refractivity contribution in [2.24, 2.45) is 4.99 Å². The van der Waals surface area contributed by atoms with Gasteiger partial charge in [-0.3, -0.25) is 0 Å². The van der Waals surface area contributed by atoms with Gasteiger partial charge in [-0.05, 0) is 38.3 Å². The van der Waals surface area contributed by atoms with Gasteiger partial charge in [0, 0.05) is 11.1 Å². The van der Waals surface area contributed by atoms with Crippen LogP contribution in [0.1, 0.15) is 30.4 Å². The van der Waals surface area contributed by atoms with Crippen LogP contribution in [-0.2, 0) is 10.3 Å². The number of isocyanates is 1. The summed E-state index contributed by atoms with van der Waals surface area (Å²) in [6, 6.07) is 3.58. The molecule has 1 saturated carbocycles. The van der Waals surface area contributed by atoms with Crippen molar-refractivity contribution in [1.29, 1.82) is 0 Å². The van der Waals surface area contributed by atoms with Gasteiger partial charge in [-0.1, -0.05) is 0 Å². The van der Waals surface area contributed by atoms with Gasteiger partial charge in [-0.2, -0.15) is 4.99 Å². The third kappa shape index (κ3) is 1.71. The second-order valence-corrected chi connectivity index (χ2v) is 4.38. The molecular formula is C13H15NO3. The molecule has 0 radical (unpaired) electrons. The highest BCUT2D eigenvalue weighted by molar-refractivity contribution is 5.53. The third-order valence-electron chi connectivity index (χ3n) is 3.54. The summed E-state index contributed by atoms with van der Waals surface area (Å²) in [5, 5.41) is 10.2. The number of benzene rings is 1. The zero-order valence-corrected chi connectivity index (χ0v) is 9.99. The van der Waals surface area contributed by atoms with Crippen LogP contribution in [0.25, 0.3) is 0 Å². The zero-order valence-electron chi connectivity index (χ0n) is 9.99. The standard InChI is InChI=1S/C13H15NO3/c1-9-11(17-2)5-4-10(12(9)16)13(14-8-15)6-3-7-13/h4-5,16H,3,6-7H2,1-2H3. The number of methoxy groups -OCH3 is 1. The summed E-state index contributed by atoms with van der Waals surface area (Å²) >= 11 is 0. The lowest BCUT2D eigenvalue weighted by molar-refractivity contribution is 0.247. The van der Waals surface area contributed by atoms with Crippen molar-refractivity contribution in [3.63, 3.8) is 0 Å². The van der Waals surface area contributed by atoms with Gasteiger partial charge in [0.1, 0.15) is 17.0 Å². The molecule has 1 aliphatic rings. The van der Waals surface area contributed by atoms with Gasteiger partial charge in [0.05, 0.1) is 7.11 Å². The van der Waals surface area contributed by atoms with E-state index in [0.717, 1.165) is 19.3 Å². The van der Waals surface area contributed by atoms with Gasteiger partial charge in [0.2, 0.25) is 6.08 Å². The third-order valence-corrected chi connectivity index (χ3v) is 3.54. The molecule has 0 atom stereocenters. The van der Waals surface area contributed by atoms with Crippen LogP contribution in [0.3, 0.4) is 0 Å². The molecule has 0 heterocycles. The maximum absolute atomic E-state index is 10.5. The van der Waals surface area contributed by atoms with Crippen LogP contribution in [0.15, 0.2) is 17.1 Å². The van der Waals surface area contributed by atoms with Gasteiger partial charge in [0.25, 0.3) is 0 Å². The number of carbonyl (C=O) groups excluding carboxylic acids is 1. The van der Waals surface area contributed by atoms with E-state index in [2.05, 4.69) is 4.99 Å². The molecule has 0 amide bonds. The molecule has 2 rings (SSSR count). The minimum Gasteiger partial charge on any atom is -0.507 e. The van der Waals surface area contributed by atoms with E-state index in [4.69, 9.17) is 4.74 Å². The fourth-order valence-electron chi connectivity index (χ4n) is 2.32. The average Bonchev–Trinajstić information content (AvgIpc) is 2.28. The number of aliphatic imine (C=N–C) groups is 1. The van der Waals surface area contributed by atoms with Crippen molar-refractivity contribution in [1.82, 2.24) is 0 Å². The first kappa shape index (κ1) is 11.7. The monoisotopic (exact) mass is 233 g/mol. The number of aromatic hydroxyl groups is 1. The summed E-state index contributed by atoms with van der Waals surface area (Å²) in [5.74, 6) is 0.804. The van der Waals surface area contributed by atoms with Gasteiger partial charge in [0.15, 0.2) is 0 Å². The molecule has 0 aromatic heterocycles. The molecule has 1 aromatic rings. The minimum absolute atomic E-state index is 0.169. The summed E-state index contributed by atoms with van der Waals surface area (Å²) in [6.45, 7) is 1.79. The molecule has 1 fully saturated rings. The highest BCUT2D eigenvalue weighted by atomic mass is 16.5. The molecular weight excluding hydrogens is 218 g/mol. The Morgan fingerprint density at radius 2 is 2.18 bits per heavy atom. The molecule has 90 valence electrons. The van der Waals surface area contributed by atoms with Crippen LogP contribution >= 0.6 is 0 Å². The Balaban J connectivity index is 2.53. The summed E-state index contributed by atoms with van der Waals surface area (Å²) in [5.41, 5.74) is 0.811. The van der Waals surface area contributed by atoms with Crippen molar-refractivity contribution in [3.8, 4) is 11.5 Å². The Morgan fingerprint density at radius 1 is 1.47 bits per heavy atom. The molecule has 4 nitrogen and oxygen atoms in total. The van der Waals surface area contributed by atoms with E-state index >= 15 is 0 Å². The molecule has 17 heavy (non-hydrogen) atoms. The molecule has 0 aliphatic heterocycles. The van der Waals surface area contributed by atoms with Gasteiger partial charge in [-0.25, -0.2) is 4.79 Å². The Bertz CT molecular complexity index is 486. The number of rotatable bonds is 3. The number of hydrogen-bond donors (Lipinski definition) is 1. The van der Waals surface area contributed by atoms with Gasteiger partial charge in [-0.15, -0.1) is 0 Å². The summed E-state index contributed by atoms with van der Waals surface area (Å²) < 4.78 is 5.14. The SMILES string of the molecule is COc1ccc(C2(N=C=O)CCC2)c(O)c1C. The minimum atomic E-state index is -0.567. The number of ether oxygens (including phenoxy) is 1. The van der Waals surface area contributed by atoms with E-state index in [1.54, 1.807) is 32.2 Å². The van der Waals surface area contributed by atoms with E-state index in [9.17, 15) is 9.90 Å². The predicted octanol–water partition coefficient (Wildman–Crippen LogP) is 2.42. The lowest BCUT2D eigenvalue weighted by Gasteiger charge is -2.37. The maximum Gasteiger partial charge on any atom is 0.235 e.